The van der Waals surface area contributed by atoms with E-state index in [0.717, 1.165) is 19.5 Å². The SMILES string of the molecule is Cc1ccc(C2(CC3=NCCN3)CC2)cc1. The van der Waals surface area contributed by atoms with Gasteiger partial charge < -0.3 is 5.32 Å². The molecule has 0 bridgehead atoms. The van der Waals surface area contributed by atoms with E-state index in [0.29, 0.717) is 5.41 Å². The van der Waals surface area contributed by atoms with Gasteiger partial charge in [-0.2, -0.15) is 0 Å². The smallest absolute Gasteiger partial charge is 0.0973 e. The van der Waals surface area contributed by atoms with Crippen LogP contribution >= 0.6 is 0 Å². The first kappa shape index (κ1) is 9.88. The van der Waals surface area contributed by atoms with Crippen molar-refractivity contribution in [2.24, 2.45) is 4.99 Å². The van der Waals surface area contributed by atoms with Crippen LogP contribution in [0.4, 0.5) is 0 Å². The molecule has 1 N–H and O–H groups in total. The Morgan fingerprint density at radius 1 is 1.25 bits per heavy atom. The Balaban J connectivity index is 1.80. The van der Waals surface area contributed by atoms with Gasteiger partial charge in [0, 0.05) is 18.4 Å². The topological polar surface area (TPSA) is 24.4 Å². The fourth-order valence-electron chi connectivity index (χ4n) is 2.51. The van der Waals surface area contributed by atoms with E-state index in [9.17, 15) is 0 Å². The van der Waals surface area contributed by atoms with E-state index in [1.54, 1.807) is 0 Å². The van der Waals surface area contributed by atoms with E-state index in [4.69, 9.17) is 0 Å². The third kappa shape index (κ3) is 1.73. The summed E-state index contributed by atoms with van der Waals surface area (Å²) in [5.74, 6) is 1.22. The molecule has 0 atom stereocenters. The molecule has 2 aliphatic rings. The fraction of sp³-hybridized carbons (Fsp3) is 0.500. The predicted molar refractivity (Wildman–Crippen MR) is 67.0 cm³/mol. The summed E-state index contributed by atoms with van der Waals surface area (Å²) >= 11 is 0. The second kappa shape index (κ2) is 3.62. The minimum absolute atomic E-state index is 0.407. The van der Waals surface area contributed by atoms with E-state index < -0.39 is 0 Å². The van der Waals surface area contributed by atoms with Crippen molar-refractivity contribution in [2.75, 3.05) is 13.1 Å². The van der Waals surface area contributed by atoms with Gasteiger partial charge in [-0.3, -0.25) is 4.99 Å². The maximum atomic E-state index is 4.51. The highest BCUT2D eigenvalue weighted by atomic mass is 15.1. The highest BCUT2D eigenvalue weighted by molar-refractivity contribution is 5.85. The highest BCUT2D eigenvalue weighted by Gasteiger charge is 2.45. The summed E-state index contributed by atoms with van der Waals surface area (Å²) in [5.41, 5.74) is 3.24. The first-order chi connectivity index (χ1) is 7.78. The van der Waals surface area contributed by atoms with Crippen molar-refractivity contribution in [1.82, 2.24) is 5.32 Å². The molecule has 16 heavy (non-hydrogen) atoms. The number of nitrogens with one attached hydrogen (secondary N) is 1. The van der Waals surface area contributed by atoms with E-state index in [-0.39, 0.29) is 0 Å². The number of nitrogens with zero attached hydrogens (tertiary/aromatic N) is 1. The van der Waals surface area contributed by atoms with Gasteiger partial charge in [0.05, 0.1) is 12.4 Å². The van der Waals surface area contributed by atoms with E-state index in [1.165, 1.54) is 29.8 Å². The average molecular weight is 214 g/mol. The van der Waals surface area contributed by atoms with Gasteiger partial charge in [0.25, 0.3) is 0 Å². The molecule has 0 spiro atoms. The van der Waals surface area contributed by atoms with Crippen molar-refractivity contribution in [2.45, 2.75) is 31.6 Å². The first-order valence-electron chi connectivity index (χ1n) is 6.13. The lowest BCUT2D eigenvalue weighted by molar-refractivity contribution is 0.717. The molecule has 0 unspecified atom stereocenters. The molecule has 0 amide bonds. The van der Waals surface area contributed by atoms with Gasteiger partial charge in [-0.25, -0.2) is 0 Å². The van der Waals surface area contributed by atoms with E-state index >= 15 is 0 Å². The predicted octanol–water partition coefficient (Wildman–Crippen LogP) is 2.42. The van der Waals surface area contributed by atoms with Crippen LogP contribution in [0.2, 0.25) is 0 Å². The monoisotopic (exact) mass is 214 g/mol. The van der Waals surface area contributed by atoms with Gasteiger partial charge in [0.2, 0.25) is 0 Å². The Labute approximate surface area is 96.8 Å². The highest BCUT2D eigenvalue weighted by Crippen LogP contribution is 2.51. The van der Waals surface area contributed by atoms with Crippen LogP contribution in [-0.4, -0.2) is 18.9 Å². The summed E-state index contributed by atoms with van der Waals surface area (Å²) in [6, 6.07) is 9.02. The molecule has 1 saturated carbocycles. The first-order valence-corrected chi connectivity index (χ1v) is 6.13. The third-order valence-corrected chi connectivity index (χ3v) is 3.77. The van der Waals surface area contributed by atoms with Gasteiger partial charge in [-0.15, -0.1) is 0 Å². The molecule has 0 saturated heterocycles. The van der Waals surface area contributed by atoms with Crippen LogP contribution in [0.3, 0.4) is 0 Å². The molecule has 2 heteroatoms. The number of aliphatic imine (C=N–C) groups is 1. The summed E-state index contributed by atoms with van der Waals surface area (Å²) in [5, 5.41) is 3.38. The van der Waals surface area contributed by atoms with Crippen LogP contribution in [0, 0.1) is 6.92 Å². The number of rotatable bonds is 3. The average Bonchev–Trinajstić information content (AvgIpc) is 2.88. The summed E-state index contributed by atoms with van der Waals surface area (Å²) in [4.78, 5) is 4.51. The normalized spacial score (nSPS) is 21.4. The summed E-state index contributed by atoms with van der Waals surface area (Å²) in [6.07, 6.45) is 3.74. The van der Waals surface area contributed by atoms with Crippen molar-refractivity contribution >= 4 is 5.84 Å². The zero-order chi connectivity index (χ0) is 11.0. The van der Waals surface area contributed by atoms with Crippen LogP contribution < -0.4 is 5.32 Å². The fourth-order valence-corrected chi connectivity index (χ4v) is 2.51. The number of aryl methyl sites for hydroxylation is 1. The Morgan fingerprint density at radius 3 is 2.56 bits per heavy atom. The molecule has 1 aromatic rings. The molecule has 2 nitrogen and oxygen atoms in total. The molecule has 1 heterocycles. The summed E-state index contributed by atoms with van der Waals surface area (Å²) in [6.45, 7) is 4.13. The quantitative estimate of drug-likeness (QED) is 0.821. The van der Waals surface area contributed by atoms with E-state index in [1.807, 2.05) is 0 Å². The Kier molecular flexibility index (Phi) is 2.23. The van der Waals surface area contributed by atoms with Crippen LogP contribution in [-0.2, 0) is 5.41 Å². The van der Waals surface area contributed by atoms with Crippen LogP contribution in [0.15, 0.2) is 29.3 Å². The van der Waals surface area contributed by atoms with Crippen molar-refractivity contribution in [3.8, 4) is 0 Å². The standard InChI is InChI=1S/C14H18N2/c1-11-2-4-12(5-3-11)14(6-7-14)10-13-15-8-9-16-13/h2-5H,6-10H2,1H3,(H,15,16). The maximum Gasteiger partial charge on any atom is 0.0973 e. The Bertz CT molecular complexity index is 413. The zero-order valence-electron chi connectivity index (χ0n) is 9.79. The maximum absolute atomic E-state index is 4.51. The Hall–Kier alpha value is -1.31. The molecular formula is C14H18N2. The van der Waals surface area contributed by atoms with Gasteiger partial charge >= 0.3 is 0 Å². The third-order valence-electron chi connectivity index (χ3n) is 3.77. The molecule has 84 valence electrons. The lowest BCUT2D eigenvalue weighted by atomic mass is 9.91. The van der Waals surface area contributed by atoms with Crippen molar-refractivity contribution in [3.63, 3.8) is 0 Å². The number of hydrogen-bond acceptors (Lipinski definition) is 2. The van der Waals surface area contributed by atoms with Crippen LogP contribution in [0.25, 0.3) is 0 Å². The second-order valence-electron chi connectivity index (χ2n) is 5.08. The van der Waals surface area contributed by atoms with Crippen molar-refractivity contribution < 1.29 is 0 Å². The van der Waals surface area contributed by atoms with E-state index in [2.05, 4.69) is 41.5 Å². The number of benzene rings is 1. The molecule has 0 radical (unpaired) electrons. The van der Waals surface area contributed by atoms with Crippen LogP contribution in [0.5, 0.6) is 0 Å². The van der Waals surface area contributed by atoms with Gasteiger partial charge in [0.15, 0.2) is 0 Å². The number of amidine groups is 1. The molecule has 3 rings (SSSR count). The zero-order valence-corrected chi connectivity index (χ0v) is 9.79. The lowest BCUT2D eigenvalue weighted by Gasteiger charge is -2.16. The Morgan fingerprint density at radius 2 is 2.00 bits per heavy atom. The molecule has 1 aliphatic heterocycles. The second-order valence-corrected chi connectivity index (χ2v) is 5.08. The van der Waals surface area contributed by atoms with Gasteiger partial charge in [-0.1, -0.05) is 29.8 Å². The molecule has 1 fully saturated rings. The lowest BCUT2D eigenvalue weighted by Crippen LogP contribution is -2.23. The molecule has 0 aromatic heterocycles. The minimum atomic E-state index is 0.407. The largest absolute Gasteiger partial charge is 0.372 e. The molecule has 1 aromatic carbocycles. The van der Waals surface area contributed by atoms with Crippen molar-refractivity contribution in [1.29, 1.82) is 0 Å². The number of hydrogen-bond donors (Lipinski definition) is 1. The van der Waals surface area contributed by atoms with Gasteiger partial charge in [-0.05, 0) is 25.3 Å². The van der Waals surface area contributed by atoms with Crippen LogP contribution in [0.1, 0.15) is 30.4 Å². The minimum Gasteiger partial charge on any atom is -0.372 e. The molecule has 1 aliphatic carbocycles. The summed E-state index contributed by atoms with van der Waals surface area (Å²) in [7, 11) is 0. The summed E-state index contributed by atoms with van der Waals surface area (Å²) < 4.78 is 0. The molecular weight excluding hydrogens is 196 g/mol. The van der Waals surface area contributed by atoms with Crippen molar-refractivity contribution in [3.05, 3.63) is 35.4 Å². The van der Waals surface area contributed by atoms with Gasteiger partial charge in [0.1, 0.15) is 0 Å².